The summed E-state index contributed by atoms with van der Waals surface area (Å²) >= 11 is 0. The molecule has 1 saturated heterocycles. The van der Waals surface area contributed by atoms with Crippen molar-refractivity contribution in [3.8, 4) is 11.3 Å². The van der Waals surface area contributed by atoms with Gasteiger partial charge in [0.2, 0.25) is 5.95 Å². The Hall–Kier alpha value is -2.47. The Bertz CT molecular complexity index is 1110. The quantitative estimate of drug-likeness (QED) is 0.709. The van der Waals surface area contributed by atoms with Gasteiger partial charge in [-0.05, 0) is 31.4 Å². The van der Waals surface area contributed by atoms with Crippen LogP contribution in [0, 0.1) is 0 Å². The lowest BCUT2D eigenvalue weighted by Gasteiger charge is -2.41. The summed E-state index contributed by atoms with van der Waals surface area (Å²) in [5, 5.41) is 0. The van der Waals surface area contributed by atoms with Crippen LogP contribution in [0.4, 0.5) is 24.9 Å². The molecule has 1 aliphatic heterocycles. The molecule has 12 heteroatoms. The fourth-order valence-corrected chi connectivity index (χ4v) is 6.01. The summed E-state index contributed by atoms with van der Waals surface area (Å²) in [5.74, 6) is -0.174. The lowest BCUT2D eigenvalue weighted by molar-refractivity contribution is -0.137. The van der Waals surface area contributed by atoms with Gasteiger partial charge in [0.15, 0.2) is 9.84 Å². The van der Waals surface area contributed by atoms with Crippen molar-refractivity contribution in [2.45, 2.75) is 37.1 Å². The van der Waals surface area contributed by atoms with Crippen LogP contribution in [0.1, 0.15) is 37.4 Å². The zero-order valence-electron chi connectivity index (χ0n) is 17.5. The minimum atomic E-state index is -4.69. The molecule has 0 unspecified atom stereocenters. The summed E-state index contributed by atoms with van der Waals surface area (Å²) in [6.07, 6.45) is -2.24. The highest BCUT2D eigenvalue weighted by Crippen LogP contribution is 2.49. The van der Waals surface area contributed by atoms with E-state index in [1.807, 2.05) is 0 Å². The van der Waals surface area contributed by atoms with Crippen LogP contribution < -0.4 is 10.6 Å². The number of aromatic nitrogens is 3. The van der Waals surface area contributed by atoms with Gasteiger partial charge in [-0.1, -0.05) is 6.92 Å². The van der Waals surface area contributed by atoms with Gasteiger partial charge in [-0.2, -0.15) is 13.2 Å². The number of rotatable bonds is 5. The number of nitrogen functional groups attached to an aromatic ring is 1. The third kappa shape index (κ3) is 3.90. The molecule has 2 aromatic rings. The largest absolute Gasteiger partial charge is 0.417 e. The van der Waals surface area contributed by atoms with Crippen molar-refractivity contribution in [3.63, 3.8) is 0 Å². The second-order valence-corrected chi connectivity index (χ2v) is 10.5. The highest BCUT2D eigenvalue weighted by atomic mass is 32.2. The number of hydrogen-bond acceptors (Lipinski definition) is 8. The Kier molecular flexibility index (Phi) is 5.78. The van der Waals surface area contributed by atoms with E-state index < -0.39 is 26.3 Å². The Morgan fingerprint density at radius 3 is 2.44 bits per heavy atom. The van der Waals surface area contributed by atoms with Crippen molar-refractivity contribution in [2.24, 2.45) is 0 Å². The van der Waals surface area contributed by atoms with Gasteiger partial charge < -0.3 is 15.4 Å². The smallest absolute Gasteiger partial charge is 0.384 e. The zero-order valence-corrected chi connectivity index (χ0v) is 18.3. The van der Waals surface area contributed by atoms with Gasteiger partial charge in [0, 0.05) is 30.6 Å². The Balaban J connectivity index is 1.94. The van der Waals surface area contributed by atoms with Crippen LogP contribution in [0.25, 0.3) is 11.3 Å². The monoisotopic (exact) mass is 471 g/mol. The molecule has 174 valence electrons. The van der Waals surface area contributed by atoms with E-state index in [1.54, 1.807) is 11.8 Å². The van der Waals surface area contributed by atoms with E-state index in [2.05, 4.69) is 15.0 Å². The maximum atomic E-state index is 13.8. The van der Waals surface area contributed by atoms with Gasteiger partial charge in [-0.25, -0.2) is 23.4 Å². The Morgan fingerprint density at radius 1 is 1.19 bits per heavy atom. The van der Waals surface area contributed by atoms with Crippen LogP contribution in [0.15, 0.2) is 18.3 Å². The third-order valence-electron chi connectivity index (χ3n) is 6.12. The molecule has 0 bridgehead atoms. The second-order valence-electron chi connectivity index (χ2n) is 7.94. The normalized spacial score (nSPS) is 18.9. The number of anilines is 2. The summed E-state index contributed by atoms with van der Waals surface area (Å²) in [6, 6.07) is 2.12. The number of sulfone groups is 1. The first-order valence-electron chi connectivity index (χ1n) is 10.3. The standard InChI is InChI=1S/C20H24F3N5O3S/c1-2-32(29,30)19(4-3-5-19)16-11-15(26-18(27-16)28-6-8-31-9-7-28)13-12-25-17(24)10-14(13)20(21,22)23/h10-12H,2-9H2,1H3,(H2,24,25). The molecule has 2 N–H and O–H groups in total. The molecule has 0 radical (unpaired) electrons. The van der Waals surface area contributed by atoms with Gasteiger partial charge >= 0.3 is 6.18 Å². The zero-order chi connectivity index (χ0) is 23.1. The fourth-order valence-electron chi connectivity index (χ4n) is 4.12. The van der Waals surface area contributed by atoms with Gasteiger partial charge in [-0.3, -0.25) is 0 Å². The topological polar surface area (TPSA) is 111 Å². The van der Waals surface area contributed by atoms with Crippen molar-refractivity contribution >= 4 is 21.6 Å². The minimum absolute atomic E-state index is 0.0334. The molecule has 0 atom stereocenters. The van der Waals surface area contributed by atoms with Crippen molar-refractivity contribution in [1.82, 2.24) is 15.0 Å². The van der Waals surface area contributed by atoms with Gasteiger partial charge in [-0.15, -0.1) is 0 Å². The number of pyridine rings is 1. The van der Waals surface area contributed by atoms with Crippen molar-refractivity contribution in [2.75, 3.05) is 42.7 Å². The van der Waals surface area contributed by atoms with Crippen molar-refractivity contribution in [1.29, 1.82) is 0 Å². The lowest BCUT2D eigenvalue weighted by Crippen LogP contribution is -2.45. The predicted molar refractivity (Wildman–Crippen MR) is 113 cm³/mol. The van der Waals surface area contributed by atoms with E-state index >= 15 is 0 Å². The summed E-state index contributed by atoms with van der Waals surface area (Å²) in [6.45, 7) is 3.29. The maximum Gasteiger partial charge on any atom is 0.417 e. The van der Waals surface area contributed by atoms with Gasteiger partial charge in [0.1, 0.15) is 10.6 Å². The van der Waals surface area contributed by atoms with E-state index in [0.29, 0.717) is 45.6 Å². The molecule has 2 aliphatic rings. The number of alkyl halides is 3. The molecular weight excluding hydrogens is 447 g/mol. The summed E-state index contributed by atoms with van der Waals surface area (Å²) in [5.41, 5.74) is 4.45. The van der Waals surface area contributed by atoms with E-state index in [4.69, 9.17) is 10.5 Å². The number of hydrogen-bond donors (Lipinski definition) is 1. The molecule has 1 aliphatic carbocycles. The Labute approximate surface area is 183 Å². The molecule has 1 saturated carbocycles. The molecule has 4 rings (SSSR count). The van der Waals surface area contributed by atoms with Gasteiger partial charge in [0.05, 0.1) is 30.2 Å². The highest BCUT2D eigenvalue weighted by Gasteiger charge is 2.51. The summed E-state index contributed by atoms with van der Waals surface area (Å²) in [4.78, 5) is 14.6. The first-order valence-corrected chi connectivity index (χ1v) is 12.0. The number of morpholine rings is 1. The summed E-state index contributed by atoms with van der Waals surface area (Å²) in [7, 11) is -3.56. The van der Waals surface area contributed by atoms with Crippen LogP contribution >= 0.6 is 0 Å². The van der Waals surface area contributed by atoms with E-state index in [1.165, 1.54) is 6.07 Å². The van der Waals surface area contributed by atoms with Crippen molar-refractivity contribution in [3.05, 3.63) is 29.6 Å². The molecule has 0 aromatic carbocycles. The van der Waals surface area contributed by atoms with Crippen molar-refractivity contribution < 1.29 is 26.3 Å². The Morgan fingerprint density at radius 2 is 1.88 bits per heavy atom. The van der Waals surface area contributed by atoms with Crippen LogP contribution in [0.2, 0.25) is 0 Å². The maximum absolute atomic E-state index is 13.8. The number of nitrogens with zero attached hydrogens (tertiary/aromatic N) is 4. The number of nitrogens with two attached hydrogens (primary N) is 1. The molecule has 2 aromatic heterocycles. The SMILES string of the molecule is CCS(=O)(=O)C1(c2cc(-c3cnc(N)cc3C(F)(F)F)nc(N3CCOCC3)n2)CCC1. The van der Waals surface area contributed by atoms with Crippen LogP contribution in [0.3, 0.4) is 0 Å². The second kappa shape index (κ2) is 8.14. The average Bonchev–Trinajstić information content (AvgIpc) is 2.72. The van der Waals surface area contributed by atoms with Crippen LogP contribution in [-0.4, -0.2) is 55.4 Å². The number of halogens is 3. The summed E-state index contributed by atoms with van der Waals surface area (Å²) < 4.78 is 71.5. The van der Waals surface area contributed by atoms with Crippen LogP contribution in [-0.2, 0) is 25.5 Å². The molecular formula is C20H24F3N5O3S. The average molecular weight is 472 g/mol. The fraction of sp³-hybridized carbons (Fsp3) is 0.550. The highest BCUT2D eigenvalue weighted by molar-refractivity contribution is 7.92. The number of ether oxygens (including phenoxy) is 1. The first-order chi connectivity index (χ1) is 15.1. The van der Waals surface area contributed by atoms with Gasteiger partial charge in [0.25, 0.3) is 0 Å². The molecule has 0 spiro atoms. The molecule has 8 nitrogen and oxygen atoms in total. The van der Waals surface area contributed by atoms with Crippen LogP contribution in [0.5, 0.6) is 0 Å². The third-order valence-corrected chi connectivity index (χ3v) is 8.69. The lowest BCUT2D eigenvalue weighted by atomic mass is 9.81. The molecule has 2 fully saturated rings. The first kappa shape index (κ1) is 22.7. The molecule has 0 amide bonds. The predicted octanol–water partition coefficient (Wildman–Crippen LogP) is 2.79. The molecule has 3 heterocycles. The van der Waals surface area contributed by atoms with E-state index in [9.17, 15) is 21.6 Å². The van der Waals surface area contributed by atoms with E-state index in [-0.39, 0.29) is 34.5 Å². The van der Waals surface area contributed by atoms with E-state index in [0.717, 1.165) is 12.3 Å². The molecule has 32 heavy (non-hydrogen) atoms. The minimum Gasteiger partial charge on any atom is -0.384 e.